The Hall–Kier alpha value is -2.41. The largest absolute Gasteiger partial charge is 1.00 e. The van der Waals surface area contributed by atoms with Crippen LogP contribution < -0.4 is 43.5 Å². The van der Waals surface area contributed by atoms with E-state index in [1.165, 1.54) is 31.2 Å². The van der Waals surface area contributed by atoms with E-state index in [9.17, 15) is 24.2 Å². The number of carboxylic acids is 1. The second kappa shape index (κ2) is 10.5. The van der Waals surface area contributed by atoms with Crippen molar-refractivity contribution in [3.63, 3.8) is 0 Å². The van der Waals surface area contributed by atoms with Gasteiger partial charge in [0.2, 0.25) is 0 Å². The van der Waals surface area contributed by atoms with Crippen molar-refractivity contribution in [2.75, 3.05) is 0 Å². The van der Waals surface area contributed by atoms with Gasteiger partial charge in [0.05, 0.1) is 5.56 Å². The summed E-state index contributed by atoms with van der Waals surface area (Å²) in [4.78, 5) is 37.1. The molecular formula is C23H20NaO7P. The predicted molar refractivity (Wildman–Crippen MR) is 113 cm³/mol. The number of carboxylic acid groups (broad SMARTS) is 1. The number of phosphoric acid groups is 1. The molecule has 0 aromatic heterocycles. The molecule has 0 saturated carbocycles. The van der Waals surface area contributed by atoms with Gasteiger partial charge in [-0.15, -0.1) is 0 Å². The number of aromatic carboxylic acids is 1. The Kier molecular flexibility index (Phi) is 8.46. The first-order valence-electron chi connectivity index (χ1n) is 9.32. The summed E-state index contributed by atoms with van der Waals surface area (Å²) in [5.74, 6) is -2.02. The molecule has 9 heteroatoms. The van der Waals surface area contributed by atoms with E-state index in [0.717, 1.165) is 11.1 Å². The van der Waals surface area contributed by atoms with Gasteiger partial charge in [0.15, 0.2) is 5.78 Å². The molecule has 7 nitrogen and oxygen atoms in total. The number of benzene rings is 3. The van der Waals surface area contributed by atoms with E-state index < -0.39 is 19.6 Å². The fourth-order valence-corrected chi connectivity index (χ4v) is 4.09. The number of carbonyl (C=O) groups is 2. The SMILES string of the molecule is Cc1cc(C)cc(OP(=O)([O-])Oc2ccc(C(=O)c3ccccc3)c(C(=O)O)c2C)c1.[Na+]. The molecule has 160 valence electrons. The minimum Gasteiger partial charge on any atom is -0.736 e. The fraction of sp³-hybridized carbons (Fsp3) is 0.130. The minimum absolute atomic E-state index is 0. The normalized spacial score (nSPS) is 12.2. The molecule has 0 aliphatic heterocycles. The second-order valence-electron chi connectivity index (χ2n) is 7.06. The van der Waals surface area contributed by atoms with E-state index in [2.05, 4.69) is 0 Å². The molecule has 3 aromatic carbocycles. The van der Waals surface area contributed by atoms with Crippen LogP contribution >= 0.6 is 7.82 Å². The van der Waals surface area contributed by atoms with Crippen LogP contribution in [0.5, 0.6) is 11.5 Å². The predicted octanol–water partition coefficient (Wildman–Crippen LogP) is 1.47. The number of carbonyl (C=O) groups excluding carboxylic acids is 1. The summed E-state index contributed by atoms with van der Waals surface area (Å²) in [6, 6.07) is 15.6. The molecule has 0 bridgehead atoms. The summed E-state index contributed by atoms with van der Waals surface area (Å²) in [5, 5.41) is 9.68. The van der Waals surface area contributed by atoms with Crippen LogP contribution in [0.15, 0.2) is 60.7 Å². The summed E-state index contributed by atoms with van der Waals surface area (Å²) in [6.45, 7) is 4.96. The molecule has 0 heterocycles. The first-order chi connectivity index (χ1) is 14.6. The van der Waals surface area contributed by atoms with Crippen molar-refractivity contribution in [1.29, 1.82) is 0 Å². The zero-order chi connectivity index (χ0) is 22.8. The van der Waals surface area contributed by atoms with Crippen LogP contribution in [0.2, 0.25) is 0 Å². The van der Waals surface area contributed by atoms with Crippen LogP contribution in [-0.2, 0) is 4.57 Å². The standard InChI is InChI=1S/C23H21O7P.Na/c1-14-11-15(2)13-18(12-14)29-31(27,28)30-20-10-9-19(21(16(20)3)23(25)26)22(24)17-7-5-4-6-8-17;/h4-13H,1-3H3,(H,25,26)(H,27,28);/q;+1/p-1. The molecule has 0 fully saturated rings. The summed E-state index contributed by atoms with van der Waals surface area (Å²) < 4.78 is 22.5. The molecule has 0 amide bonds. The van der Waals surface area contributed by atoms with Crippen LogP contribution in [0, 0.1) is 20.8 Å². The quantitative estimate of drug-likeness (QED) is 0.321. The number of ketones is 1. The average molecular weight is 462 g/mol. The Labute approximate surface area is 207 Å². The Morgan fingerprint density at radius 3 is 2.06 bits per heavy atom. The first kappa shape index (κ1) is 25.8. The van der Waals surface area contributed by atoms with Crippen molar-refractivity contribution in [1.82, 2.24) is 0 Å². The first-order valence-corrected chi connectivity index (χ1v) is 10.8. The fourth-order valence-electron chi connectivity index (χ4n) is 3.26. The van der Waals surface area contributed by atoms with E-state index in [0.29, 0.717) is 5.56 Å². The molecule has 32 heavy (non-hydrogen) atoms. The van der Waals surface area contributed by atoms with Crippen molar-refractivity contribution in [2.45, 2.75) is 20.8 Å². The second-order valence-corrected chi connectivity index (χ2v) is 8.32. The zero-order valence-electron chi connectivity index (χ0n) is 18.1. The van der Waals surface area contributed by atoms with Gasteiger partial charge in [0, 0.05) is 16.7 Å². The zero-order valence-corrected chi connectivity index (χ0v) is 21.0. The van der Waals surface area contributed by atoms with E-state index in [-0.39, 0.29) is 57.7 Å². The number of aryl methyl sites for hydroxylation is 2. The molecule has 3 aromatic rings. The van der Waals surface area contributed by atoms with Gasteiger partial charge in [0.1, 0.15) is 11.5 Å². The van der Waals surface area contributed by atoms with E-state index in [4.69, 9.17) is 9.05 Å². The van der Waals surface area contributed by atoms with Gasteiger partial charge in [0.25, 0.3) is 0 Å². The van der Waals surface area contributed by atoms with E-state index in [1.807, 2.05) is 6.07 Å². The van der Waals surface area contributed by atoms with Crippen molar-refractivity contribution >= 4 is 19.6 Å². The maximum Gasteiger partial charge on any atom is 1.00 e. The van der Waals surface area contributed by atoms with Gasteiger partial charge in [-0.25, -0.2) is 9.36 Å². The van der Waals surface area contributed by atoms with E-state index in [1.54, 1.807) is 44.2 Å². The average Bonchev–Trinajstić information content (AvgIpc) is 2.67. The molecule has 3 rings (SSSR count). The maximum atomic E-state index is 12.8. The van der Waals surface area contributed by atoms with Gasteiger partial charge < -0.3 is 19.0 Å². The summed E-state index contributed by atoms with van der Waals surface area (Å²) >= 11 is 0. The molecule has 0 aliphatic rings. The molecule has 0 aliphatic carbocycles. The molecule has 0 spiro atoms. The Bertz CT molecular complexity index is 1190. The Balaban J connectivity index is 0.00000363. The van der Waals surface area contributed by atoms with Crippen LogP contribution in [0.1, 0.15) is 43.0 Å². The van der Waals surface area contributed by atoms with Gasteiger partial charge in [-0.3, -0.25) is 4.79 Å². The topological polar surface area (TPSA) is 113 Å². The molecular weight excluding hydrogens is 442 g/mol. The molecule has 1 unspecified atom stereocenters. The third-order valence-corrected chi connectivity index (χ3v) is 5.39. The molecule has 1 N–H and O–H groups in total. The van der Waals surface area contributed by atoms with Crippen LogP contribution in [-0.4, -0.2) is 16.9 Å². The third kappa shape index (κ3) is 6.09. The monoisotopic (exact) mass is 462 g/mol. The Morgan fingerprint density at radius 2 is 1.50 bits per heavy atom. The van der Waals surface area contributed by atoms with Gasteiger partial charge in [-0.1, -0.05) is 36.4 Å². The number of rotatable bonds is 7. The molecule has 0 saturated heterocycles. The van der Waals surface area contributed by atoms with Gasteiger partial charge in [-0.05, 0) is 56.2 Å². The van der Waals surface area contributed by atoms with E-state index >= 15 is 0 Å². The van der Waals surface area contributed by atoms with Crippen LogP contribution in [0.25, 0.3) is 0 Å². The number of phosphoric ester groups is 1. The smallest absolute Gasteiger partial charge is 0.736 e. The van der Waals surface area contributed by atoms with Crippen LogP contribution in [0.3, 0.4) is 0 Å². The summed E-state index contributed by atoms with van der Waals surface area (Å²) in [5.41, 5.74) is 1.52. The van der Waals surface area contributed by atoms with Gasteiger partial charge >= 0.3 is 43.3 Å². The summed E-state index contributed by atoms with van der Waals surface area (Å²) in [6.07, 6.45) is 0. The van der Waals surface area contributed by atoms with Crippen molar-refractivity contribution in [3.05, 3.63) is 94.0 Å². The van der Waals surface area contributed by atoms with Crippen molar-refractivity contribution < 1.29 is 62.8 Å². The maximum absolute atomic E-state index is 12.8. The number of hydrogen-bond acceptors (Lipinski definition) is 6. The van der Waals surface area contributed by atoms with Crippen LogP contribution in [0.4, 0.5) is 0 Å². The molecule has 1 atom stereocenters. The summed E-state index contributed by atoms with van der Waals surface area (Å²) in [7, 11) is -4.88. The third-order valence-electron chi connectivity index (χ3n) is 4.53. The minimum atomic E-state index is -4.88. The number of hydrogen-bond donors (Lipinski definition) is 1. The van der Waals surface area contributed by atoms with Crippen molar-refractivity contribution in [2.24, 2.45) is 0 Å². The molecule has 0 radical (unpaired) electrons. The van der Waals surface area contributed by atoms with Crippen molar-refractivity contribution in [3.8, 4) is 11.5 Å². The van der Waals surface area contributed by atoms with Gasteiger partial charge in [-0.2, -0.15) is 0 Å². The Morgan fingerprint density at radius 1 is 0.906 bits per heavy atom.